The van der Waals surface area contributed by atoms with Gasteiger partial charge in [0.2, 0.25) is 0 Å². The first-order chi connectivity index (χ1) is 54.8. The van der Waals surface area contributed by atoms with Crippen LogP contribution in [0.15, 0.2) is 117 Å². The van der Waals surface area contributed by atoms with Gasteiger partial charge < -0.3 is 75.4 Å². The van der Waals surface area contributed by atoms with Gasteiger partial charge in [-0.25, -0.2) is 24.9 Å². The van der Waals surface area contributed by atoms with Gasteiger partial charge in [0.25, 0.3) is 27.8 Å². The molecule has 0 spiro atoms. The third kappa shape index (κ3) is 21.9. The Balaban J connectivity index is 0.000000131. The van der Waals surface area contributed by atoms with E-state index in [-0.39, 0.29) is 64.2 Å². The van der Waals surface area contributed by atoms with Crippen molar-refractivity contribution in [2.75, 3.05) is 65.4 Å². The van der Waals surface area contributed by atoms with Gasteiger partial charge in [-0.15, -0.1) is 0 Å². The predicted octanol–water partition coefficient (Wildman–Crippen LogP) is 8.03. The van der Waals surface area contributed by atoms with E-state index in [2.05, 4.69) is 158 Å². The number of unbranched alkanes of at least 4 members (excludes halogenated alkanes) is 6. The molecule has 5 aliphatic heterocycles. The van der Waals surface area contributed by atoms with Gasteiger partial charge >= 0.3 is 0 Å². The van der Waals surface area contributed by atoms with Gasteiger partial charge in [0.15, 0.2) is 0 Å². The van der Waals surface area contributed by atoms with Crippen LogP contribution in [-0.2, 0) is 39.1 Å². The Hall–Kier alpha value is -9.08. The molecule has 5 fully saturated rings. The molecule has 1 aromatic carbocycles. The summed E-state index contributed by atoms with van der Waals surface area (Å²) in [5, 5.41) is 51.3. The van der Waals surface area contributed by atoms with Crippen LogP contribution in [0, 0.1) is 35.5 Å². The average molecular weight is 1560 g/mol. The van der Waals surface area contributed by atoms with Crippen LogP contribution in [0.5, 0.6) is 0 Å². The first-order valence-corrected chi connectivity index (χ1v) is 41.1. The molecule has 0 unspecified atom stereocenters. The van der Waals surface area contributed by atoms with Crippen molar-refractivity contribution in [2.45, 2.75) is 201 Å². The van der Waals surface area contributed by atoms with E-state index in [0.29, 0.717) is 109 Å². The summed E-state index contributed by atoms with van der Waals surface area (Å²) in [7, 11) is 0. The van der Waals surface area contributed by atoms with Crippen LogP contribution in [0.4, 0.5) is 0 Å². The fraction of sp³-hybridized carbons (Fsp3) is 0.566. The largest absolute Gasteiger partial charge is 0.391 e. The molecular formula is C83H118N20O10. The molecule has 15 heterocycles. The van der Waals surface area contributed by atoms with Crippen molar-refractivity contribution in [1.29, 1.82) is 0 Å². The second-order valence-corrected chi connectivity index (χ2v) is 32.4. The van der Waals surface area contributed by atoms with Crippen LogP contribution in [0.25, 0.3) is 55.2 Å². The fourth-order valence-electron chi connectivity index (χ4n) is 17.1. The van der Waals surface area contributed by atoms with Gasteiger partial charge in [0.1, 0.15) is 27.6 Å². The van der Waals surface area contributed by atoms with E-state index in [1.807, 2.05) is 37.1 Å². The Morgan fingerprint density at radius 2 is 0.602 bits per heavy atom. The number of benzene rings is 1. The van der Waals surface area contributed by atoms with E-state index in [4.69, 9.17) is 0 Å². The maximum absolute atomic E-state index is 11.8. The minimum atomic E-state index is -0.301. The lowest BCUT2D eigenvalue weighted by Crippen LogP contribution is -2.21. The van der Waals surface area contributed by atoms with Gasteiger partial charge in [-0.3, -0.25) is 48.5 Å². The second kappa shape index (κ2) is 40.3. The van der Waals surface area contributed by atoms with Crippen molar-refractivity contribution in [1.82, 2.24) is 99.3 Å². The lowest BCUT2D eigenvalue weighted by atomic mass is 9.96. The minimum absolute atomic E-state index is 0.142. The molecule has 30 heteroatoms. The molecule has 610 valence electrons. The van der Waals surface area contributed by atoms with E-state index in [1.165, 1.54) is 95.0 Å². The van der Waals surface area contributed by atoms with Crippen LogP contribution >= 0.6 is 0 Å². The summed E-state index contributed by atoms with van der Waals surface area (Å²) in [6.07, 6.45) is 33.6. The highest BCUT2D eigenvalue weighted by atomic mass is 16.3. The summed E-state index contributed by atoms with van der Waals surface area (Å²) in [5.74, 6) is 2.41. The number of nitrogens with one attached hydrogen (secondary N) is 10. The second-order valence-electron chi connectivity index (χ2n) is 32.4. The Kier molecular flexibility index (Phi) is 29.7. The van der Waals surface area contributed by atoms with E-state index in [1.54, 1.807) is 0 Å². The van der Waals surface area contributed by atoms with Gasteiger partial charge in [-0.1, -0.05) is 129 Å². The normalized spacial score (nSPS) is 22.4. The molecule has 0 saturated carbocycles. The van der Waals surface area contributed by atoms with Crippen molar-refractivity contribution in [3.63, 3.8) is 0 Å². The first-order valence-electron chi connectivity index (χ1n) is 41.1. The van der Waals surface area contributed by atoms with Crippen LogP contribution in [0.1, 0.15) is 164 Å². The molecule has 5 saturated heterocycles. The highest BCUT2D eigenvalue weighted by Gasteiger charge is 2.36. The fourth-order valence-corrected chi connectivity index (χ4v) is 17.1. The smallest absolute Gasteiger partial charge is 0.275 e. The Bertz CT molecular complexity index is 5080. The summed E-state index contributed by atoms with van der Waals surface area (Å²) in [6.45, 7) is 22.6. The number of likely N-dealkylation sites (tertiary alicyclic amines) is 5. The standard InChI is InChI=1S/C19H22N4O2.C17H26N4O2.2C16H24N4O2.C15H22N4O2/c24-16-11-23(9-14(16)7-6-13-4-2-1-3-5-13)10-15-8-20-18-17(15)21-12-22-19(18)25;1-2-3-4-5-6-12-8-21(10-14(12)22)9-13-7-18-16-15(13)19-11-20-17(16)23;1-10(2)3-4-11-6-20(8-13(11)21)7-12-5-17-15-14(12)18-9-19-16(15)22;1-2-3-4-5-11-7-20(9-13(11)21)8-12-6-17-15-14(12)18-10-19-16(15)22;1-2-3-4-10-6-19(8-12(10)20)7-11-5-16-14-13(11)17-9-18-15(14)21/h1-5,8,12,14,16,20,24H,6-7,9-11H2,(H,21,22,25);7,11-12,14,18,22H,2-6,8-10H2,1H3,(H,19,20,23);5,9-11,13,17,21H,3-4,6-8H2,1-2H3,(H,18,19,22);6,10-11,13,17,21H,2-5,7-9H2,1H3,(H,18,19,22);5,9-10,12,16,20H,2-4,6-8H2,1H3,(H,17,18,21)/t14-,16-;12-,14-;2*11-,13-;10-,12-/m11111/s1. The maximum atomic E-state index is 11.8. The molecule has 10 atom stereocenters. The Morgan fingerprint density at radius 3 is 0.894 bits per heavy atom. The molecule has 0 amide bonds. The zero-order valence-electron chi connectivity index (χ0n) is 66.2. The van der Waals surface area contributed by atoms with Gasteiger partial charge in [-0.2, -0.15) is 0 Å². The summed E-state index contributed by atoms with van der Waals surface area (Å²) in [4.78, 5) is 119. The number of hydrogen-bond acceptors (Lipinski definition) is 20. The summed E-state index contributed by atoms with van der Waals surface area (Å²) < 4.78 is 0. The molecule has 0 radical (unpaired) electrons. The number of aliphatic hydroxyl groups excluding tert-OH is 5. The predicted molar refractivity (Wildman–Crippen MR) is 439 cm³/mol. The molecule has 5 aliphatic rings. The molecule has 15 N–H and O–H groups in total. The van der Waals surface area contributed by atoms with Crippen molar-refractivity contribution in [3.8, 4) is 0 Å². The van der Waals surface area contributed by atoms with Crippen LogP contribution in [0.2, 0.25) is 0 Å². The summed E-state index contributed by atoms with van der Waals surface area (Å²) >= 11 is 0. The molecule has 10 aromatic heterocycles. The number of aromatic nitrogens is 15. The number of aliphatic hydroxyl groups is 5. The third-order valence-electron chi connectivity index (χ3n) is 23.4. The highest BCUT2D eigenvalue weighted by Crippen LogP contribution is 2.32. The monoisotopic (exact) mass is 1550 g/mol. The number of aromatic amines is 10. The molecule has 30 nitrogen and oxygen atoms in total. The molecule has 11 aromatic rings. The van der Waals surface area contributed by atoms with Crippen molar-refractivity contribution < 1.29 is 25.5 Å². The number of rotatable bonds is 28. The Labute approximate surface area is 656 Å². The first kappa shape index (κ1) is 83.4. The zero-order chi connectivity index (χ0) is 79.5. The van der Waals surface area contributed by atoms with Crippen LogP contribution < -0.4 is 27.8 Å². The number of fused-ring (bicyclic) bond motifs is 5. The highest BCUT2D eigenvalue weighted by molar-refractivity contribution is 5.80. The molecule has 16 rings (SSSR count). The average Bonchev–Trinajstić information content (AvgIpc) is 1.68. The van der Waals surface area contributed by atoms with Crippen LogP contribution in [0.3, 0.4) is 0 Å². The lowest BCUT2D eigenvalue weighted by Gasteiger charge is -2.15. The van der Waals surface area contributed by atoms with Gasteiger partial charge in [-0.05, 0) is 79.6 Å². The quantitative estimate of drug-likeness (QED) is 0.0206. The maximum Gasteiger partial charge on any atom is 0.275 e. The SMILES string of the molecule is CC(C)CC[C@@H]1CN(Cc2c[nH]c3c(=O)[nH]cnc23)C[C@H]1O.CCCCCC[C@@H]1CN(Cc2c[nH]c3c(=O)[nH]cnc23)C[C@H]1O.CCCCC[C@@H]1CN(Cc2c[nH]c3c(=O)[nH]cnc23)C[C@H]1O.CCCC[C@@H]1CN(Cc2c[nH]c3c(=O)[nH]cnc23)C[C@H]1O.O=c1[nH]cnc2c(CN3C[C@@H](CCc4ccccc4)[C@H](O)C3)c[nH]c12. The van der Waals surface area contributed by atoms with Gasteiger partial charge in [0, 0.05) is 157 Å². The molecule has 0 bridgehead atoms. The third-order valence-corrected chi connectivity index (χ3v) is 23.4. The van der Waals surface area contributed by atoms with E-state index >= 15 is 0 Å². The van der Waals surface area contributed by atoms with E-state index < -0.39 is 0 Å². The number of β-amino-alcohol motifs (C(OH)–C–C–N with tert-alkyl or cyclic N) is 5. The Morgan fingerprint density at radius 1 is 0.336 bits per heavy atom. The van der Waals surface area contributed by atoms with Crippen molar-refractivity contribution in [3.05, 3.63) is 178 Å². The topological polar surface area (TPSA) is 425 Å². The molecule has 113 heavy (non-hydrogen) atoms. The van der Waals surface area contributed by atoms with E-state index in [9.17, 15) is 49.5 Å². The van der Waals surface area contributed by atoms with Gasteiger partial charge in [0.05, 0.1) is 89.7 Å². The van der Waals surface area contributed by atoms with Crippen molar-refractivity contribution in [2.24, 2.45) is 35.5 Å². The molecular weight excluding hydrogens is 1440 g/mol. The van der Waals surface area contributed by atoms with Crippen molar-refractivity contribution >= 4 is 55.2 Å². The zero-order valence-corrected chi connectivity index (χ0v) is 66.2. The molecule has 0 aliphatic carbocycles. The minimum Gasteiger partial charge on any atom is -0.391 e. The van der Waals surface area contributed by atoms with E-state index in [0.717, 1.165) is 147 Å². The number of nitrogens with zero attached hydrogens (tertiary/aromatic N) is 10. The summed E-state index contributed by atoms with van der Waals surface area (Å²) in [5.41, 5.74) is 11.9. The number of hydrogen-bond donors (Lipinski definition) is 15. The summed E-state index contributed by atoms with van der Waals surface area (Å²) in [6, 6.07) is 10.4. The number of H-pyrrole nitrogens is 10. The number of aryl methyl sites for hydroxylation is 1. The lowest BCUT2D eigenvalue weighted by molar-refractivity contribution is 0.134. The van der Waals surface area contributed by atoms with Crippen LogP contribution in [-0.4, -0.2) is 221 Å².